The van der Waals surface area contributed by atoms with Crippen LogP contribution in [0.5, 0.6) is 11.5 Å². The lowest BCUT2D eigenvalue weighted by Crippen LogP contribution is -2.11. The van der Waals surface area contributed by atoms with Gasteiger partial charge >= 0.3 is 0 Å². The van der Waals surface area contributed by atoms with Gasteiger partial charge in [0.05, 0.1) is 24.8 Å². The van der Waals surface area contributed by atoms with Gasteiger partial charge in [0.1, 0.15) is 17.3 Å². The van der Waals surface area contributed by atoms with Gasteiger partial charge in [-0.25, -0.2) is 4.98 Å². The second-order valence-corrected chi connectivity index (χ2v) is 9.52. The van der Waals surface area contributed by atoms with Crippen LogP contribution in [0.4, 0.5) is 0 Å². The van der Waals surface area contributed by atoms with E-state index in [2.05, 4.69) is 109 Å². The molecule has 1 atom stereocenters. The molecule has 0 fully saturated rings. The van der Waals surface area contributed by atoms with E-state index in [0.29, 0.717) is 6.61 Å². The molecule has 6 aromatic rings. The third-order valence-electron chi connectivity index (χ3n) is 7.16. The normalized spacial score (nSPS) is 12.3. The average molecular weight is 487 g/mol. The molecule has 1 heterocycles. The summed E-state index contributed by atoms with van der Waals surface area (Å²) in [7, 11) is 1.70. The summed E-state index contributed by atoms with van der Waals surface area (Å²) in [6.07, 6.45) is 0.893. The number of benzene rings is 5. The predicted molar refractivity (Wildman–Crippen MR) is 152 cm³/mol. The average Bonchev–Trinajstić information content (AvgIpc) is 3.32. The number of para-hydroxylation sites is 2. The Morgan fingerprint density at radius 2 is 1.41 bits per heavy atom. The van der Waals surface area contributed by atoms with E-state index >= 15 is 0 Å². The fraction of sp³-hybridized carbons (Fsp3) is 0.182. The summed E-state index contributed by atoms with van der Waals surface area (Å²) in [4.78, 5) is 5.07. The van der Waals surface area contributed by atoms with Gasteiger partial charge in [-0.1, -0.05) is 73.7 Å². The molecular weight excluding hydrogens is 456 g/mol. The maximum atomic E-state index is 6.13. The number of rotatable bonds is 8. The number of hydrogen-bond donors (Lipinski definition) is 0. The zero-order valence-corrected chi connectivity index (χ0v) is 21.2. The summed E-state index contributed by atoms with van der Waals surface area (Å²) in [5.74, 6) is 3.02. The van der Waals surface area contributed by atoms with Crippen molar-refractivity contribution in [3.63, 3.8) is 0 Å². The van der Waals surface area contributed by atoms with Crippen molar-refractivity contribution < 1.29 is 9.47 Å². The number of ether oxygens (including phenoxy) is 2. The van der Waals surface area contributed by atoms with Crippen LogP contribution in [-0.2, 0) is 6.54 Å². The minimum Gasteiger partial charge on any atom is -0.497 e. The van der Waals surface area contributed by atoms with E-state index in [9.17, 15) is 0 Å². The first-order valence-corrected chi connectivity index (χ1v) is 12.8. The quantitative estimate of drug-likeness (QED) is 0.205. The molecule has 0 radical (unpaired) electrons. The van der Waals surface area contributed by atoms with E-state index in [1.54, 1.807) is 7.11 Å². The van der Waals surface area contributed by atoms with Gasteiger partial charge in [-0.2, -0.15) is 0 Å². The first-order chi connectivity index (χ1) is 18.2. The fourth-order valence-electron chi connectivity index (χ4n) is 5.12. The van der Waals surface area contributed by atoms with Crippen LogP contribution in [0.2, 0.25) is 0 Å². The molecule has 0 bridgehead atoms. The number of nitrogens with zero attached hydrogens (tertiary/aromatic N) is 2. The molecule has 37 heavy (non-hydrogen) atoms. The second kappa shape index (κ2) is 9.98. The second-order valence-electron chi connectivity index (χ2n) is 9.52. The van der Waals surface area contributed by atoms with E-state index in [4.69, 9.17) is 14.5 Å². The zero-order chi connectivity index (χ0) is 25.2. The molecule has 4 heteroatoms. The molecule has 0 aliphatic heterocycles. The van der Waals surface area contributed by atoms with Crippen molar-refractivity contribution in [1.29, 1.82) is 0 Å². The van der Waals surface area contributed by atoms with Crippen LogP contribution in [0.15, 0.2) is 103 Å². The van der Waals surface area contributed by atoms with Gasteiger partial charge in [0.25, 0.3) is 0 Å². The van der Waals surface area contributed by atoms with Crippen molar-refractivity contribution in [2.45, 2.75) is 25.8 Å². The van der Waals surface area contributed by atoms with Crippen LogP contribution in [-0.4, -0.2) is 23.3 Å². The molecule has 4 nitrogen and oxygen atoms in total. The molecule has 1 unspecified atom stereocenters. The summed E-state index contributed by atoms with van der Waals surface area (Å²) in [6, 6.07) is 35.9. The van der Waals surface area contributed by atoms with Crippen LogP contribution in [0.1, 0.15) is 30.7 Å². The summed E-state index contributed by atoms with van der Waals surface area (Å²) in [5, 5.41) is 4.81. The lowest BCUT2D eigenvalue weighted by atomic mass is 9.97. The molecule has 1 aromatic heterocycles. The summed E-state index contributed by atoms with van der Waals surface area (Å²) < 4.78 is 13.9. The Hall–Kier alpha value is -4.31. The maximum Gasteiger partial charge on any atom is 0.119 e. The zero-order valence-electron chi connectivity index (χ0n) is 21.2. The molecule has 0 aliphatic rings. The molecule has 0 aliphatic carbocycles. The monoisotopic (exact) mass is 486 g/mol. The van der Waals surface area contributed by atoms with Gasteiger partial charge in [-0.3, -0.25) is 0 Å². The number of hydrogen-bond acceptors (Lipinski definition) is 3. The molecule has 0 spiro atoms. The Kier molecular flexibility index (Phi) is 6.23. The van der Waals surface area contributed by atoms with Crippen molar-refractivity contribution in [3.05, 3.63) is 115 Å². The SMILES string of the molecule is COc1ccc2cc(C(C)c3nc4ccccc4n3CCCOc3ccc4ccccc4c3)ccc2c1. The molecule has 0 N–H and O–H groups in total. The molecule has 5 aromatic carbocycles. The highest BCUT2D eigenvalue weighted by Crippen LogP contribution is 2.31. The molecule has 0 saturated heterocycles. The molecule has 6 rings (SSSR count). The lowest BCUT2D eigenvalue weighted by molar-refractivity contribution is 0.302. The minimum absolute atomic E-state index is 0.153. The molecule has 0 amide bonds. The van der Waals surface area contributed by atoms with Gasteiger partial charge < -0.3 is 14.0 Å². The van der Waals surface area contributed by atoms with Crippen molar-refractivity contribution in [1.82, 2.24) is 9.55 Å². The summed E-state index contributed by atoms with van der Waals surface area (Å²) in [6.45, 7) is 3.74. The Labute approximate surface area is 217 Å². The number of methoxy groups -OCH3 is 1. The molecular formula is C33H30N2O2. The van der Waals surface area contributed by atoms with Gasteiger partial charge in [0.2, 0.25) is 0 Å². The van der Waals surface area contributed by atoms with Crippen molar-refractivity contribution in [3.8, 4) is 11.5 Å². The molecule has 184 valence electrons. The van der Waals surface area contributed by atoms with E-state index in [-0.39, 0.29) is 5.92 Å². The Bertz CT molecular complexity index is 1700. The van der Waals surface area contributed by atoms with Crippen LogP contribution in [0.3, 0.4) is 0 Å². The van der Waals surface area contributed by atoms with Crippen molar-refractivity contribution >= 4 is 32.6 Å². The minimum atomic E-state index is 0.153. The third kappa shape index (κ3) is 4.63. The highest BCUT2D eigenvalue weighted by Gasteiger charge is 2.18. The van der Waals surface area contributed by atoms with E-state index in [1.165, 1.54) is 32.6 Å². The van der Waals surface area contributed by atoms with Crippen LogP contribution in [0, 0.1) is 0 Å². The standard InChI is InChI=1S/C33H30N2O2/c1-23(25-12-13-28-21-29(36-2)16-15-27(28)20-25)33-34-31-10-5-6-11-32(31)35(33)18-7-19-37-30-17-14-24-8-3-4-9-26(24)22-30/h3-6,8-17,20-23H,7,18-19H2,1-2H3. The number of imidazole rings is 1. The molecule has 0 saturated carbocycles. The van der Waals surface area contributed by atoms with Crippen LogP contribution >= 0.6 is 0 Å². The first-order valence-electron chi connectivity index (χ1n) is 12.8. The van der Waals surface area contributed by atoms with Gasteiger partial charge in [0.15, 0.2) is 0 Å². The van der Waals surface area contributed by atoms with Crippen LogP contribution in [0.25, 0.3) is 32.6 Å². The van der Waals surface area contributed by atoms with Crippen molar-refractivity contribution in [2.75, 3.05) is 13.7 Å². The lowest BCUT2D eigenvalue weighted by Gasteiger charge is -2.16. The van der Waals surface area contributed by atoms with E-state index in [0.717, 1.165) is 35.8 Å². The number of aromatic nitrogens is 2. The highest BCUT2D eigenvalue weighted by molar-refractivity contribution is 5.85. The third-order valence-corrected chi connectivity index (χ3v) is 7.16. The number of aryl methyl sites for hydroxylation is 1. The van der Waals surface area contributed by atoms with Crippen LogP contribution < -0.4 is 9.47 Å². The Morgan fingerprint density at radius 3 is 2.30 bits per heavy atom. The fourth-order valence-corrected chi connectivity index (χ4v) is 5.12. The van der Waals surface area contributed by atoms with E-state index < -0.39 is 0 Å². The maximum absolute atomic E-state index is 6.13. The Balaban J connectivity index is 1.23. The highest BCUT2D eigenvalue weighted by atomic mass is 16.5. The Morgan fingerprint density at radius 1 is 0.730 bits per heavy atom. The number of fused-ring (bicyclic) bond motifs is 3. The van der Waals surface area contributed by atoms with E-state index in [1.807, 2.05) is 6.07 Å². The largest absolute Gasteiger partial charge is 0.497 e. The summed E-state index contributed by atoms with van der Waals surface area (Å²) >= 11 is 0. The predicted octanol–water partition coefficient (Wildman–Crippen LogP) is 7.97. The van der Waals surface area contributed by atoms with Crippen molar-refractivity contribution in [2.24, 2.45) is 0 Å². The summed E-state index contributed by atoms with van der Waals surface area (Å²) in [5.41, 5.74) is 3.45. The smallest absolute Gasteiger partial charge is 0.119 e. The first kappa shape index (κ1) is 23.1. The van der Waals surface area contributed by atoms with Gasteiger partial charge in [-0.15, -0.1) is 0 Å². The van der Waals surface area contributed by atoms with Gasteiger partial charge in [-0.05, 0) is 69.9 Å². The van der Waals surface area contributed by atoms with Gasteiger partial charge in [0, 0.05) is 12.5 Å². The topological polar surface area (TPSA) is 36.3 Å².